The van der Waals surface area contributed by atoms with Gasteiger partial charge in [-0.05, 0) is 43.5 Å². The molecular formula is C16H20N4O. The van der Waals surface area contributed by atoms with Crippen LogP contribution in [0.15, 0.2) is 12.1 Å². The van der Waals surface area contributed by atoms with Crippen LogP contribution in [0.2, 0.25) is 0 Å². The minimum atomic E-state index is 0.515. The van der Waals surface area contributed by atoms with E-state index in [0.29, 0.717) is 19.0 Å². The fourth-order valence-corrected chi connectivity index (χ4v) is 2.67. The molecule has 0 aliphatic carbocycles. The SMILES string of the molecule is Cc1cc(C)c(-c2nc3c(c(NN)n2)COCC3)cc1C. The summed E-state index contributed by atoms with van der Waals surface area (Å²) in [7, 11) is 0. The Morgan fingerprint density at radius 1 is 1.10 bits per heavy atom. The van der Waals surface area contributed by atoms with Gasteiger partial charge in [0.05, 0.1) is 18.9 Å². The molecule has 5 nitrogen and oxygen atoms in total. The van der Waals surface area contributed by atoms with Crippen LogP contribution in [0, 0.1) is 20.8 Å². The first-order chi connectivity index (χ1) is 10.1. The highest BCUT2D eigenvalue weighted by Crippen LogP contribution is 2.28. The molecule has 110 valence electrons. The summed E-state index contributed by atoms with van der Waals surface area (Å²) >= 11 is 0. The number of nitrogens with one attached hydrogen (secondary N) is 1. The van der Waals surface area contributed by atoms with Crippen LogP contribution in [0.3, 0.4) is 0 Å². The molecule has 0 unspecified atom stereocenters. The van der Waals surface area contributed by atoms with Gasteiger partial charge < -0.3 is 10.2 Å². The van der Waals surface area contributed by atoms with Gasteiger partial charge in [0.15, 0.2) is 5.82 Å². The second-order valence-electron chi connectivity index (χ2n) is 5.52. The fraction of sp³-hybridized carbons (Fsp3) is 0.375. The maximum Gasteiger partial charge on any atom is 0.162 e. The number of anilines is 1. The largest absolute Gasteiger partial charge is 0.376 e. The Morgan fingerprint density at radius 3 is 2.62 bits per heavy atom. The van der Waals surface area contributed by atoms with E-state index in [4.69, 9.17) is 15.6 Å². The Hall–Kier alpha value is -1.98. The zero-order valence-electron chi connectivity index (χ0n) is 12.7. The molecule has 0 bridgehead atoms. The molecule has 0 atom stereocenters. The number of rotatable bonds is 2. The minimum Gasteiger partial charge on any atom is -0.376 e. The Kier molecular flexibility index (Phi) is 3.61. The number of benzene rings is 1. The van der Waals surface area contributed by atoms with E-state index in [1.165, 1.54) is 16.7 Å². The van der Waals surface area contributed by atoms with Gasteiger partial charge in [0.1, 0.15) is 5.82 Å². The zero-order chi connectivity index (χ0) is 15.0. The summed E-state index contributed by atoms with van der Waals surface area (Å²) in [4.78, 5) is 9.32. The van der Waals surface area contributed by atoms with Crippen molar-refractivity contribution in [3.8, 4) is 11.4 Å². The first-order valence-electron chi connectivity index (χ1n) is 7.12. The van der Waals surface area contributed by atoms with E-state index in [0.717, 1.165) is 29.1 Å². The Balaban J connectivity index is 2.17. The highest BCUT2D eigenvalue weighted by atomic mass is 16.5. The summed E-state index contributed by atoms with van der Waals surface area (Å²) in [5.74, 6) is 7.00. The van der Waals surface area contributed by atoms with Crippen LogP contribution in [0.1, 0.15) is 27.9 Å². The molecule has 1 aromatic heterocycles. The van der Waals surface area contributed by atoms with Crippen LogP contribution >= 0.6 is 0 Å². The molecule has 0 radical (unpaired) electrons. The van der Waals surface area contributed by atoms with Crippen LogP contribution in [0.25, 0.3) is 11.4 Å². The normalized spacial score (nSPS) is 13.9. The van der Waals surface area contributed by atoms with Crippen molar-refractivity contribution in [3.63, 3.8) is 0 Å². The monoisotopic (exact) mass is 284 g/mol. The molecule has 0 saturated heterocycles. The lowest BCUT2D eigenvalue weighted by atomic mass is 10.00. The lowest BCUT2D eigenvalue weighted by Crippen LogP contribution is -2.19. The van der Waals surface area contributed by atoms with Crippen LogP contribution in [-0.2, 0) is 17.8 Å². The third kappa shape index (κ3) is 2.50. The van der Waals surface area contributed by atoms with Crippen LogP contribution in [0.5, 0.6) is 0 Å². The van der Waals surface area contributed by atoms with E-state index in [-0.39, 0.29) is 0 Å². The fourth-order valence-electron chi connectivity index (χ4n) is 2.67. The lowest BCUT2D eigenvalue weighted by molar-refractivity contribution is 0.109. The number of aryl methyl sites for hydroxylation is 3. The van der Waals surface area contributed by atoms with Gasteiger partial charge in [0.2, 0.25) is 0 Å². The van der Waals surface area contributed by atoms with E-state index in [9.17, 15) is 0 Å². The van der Waals surface area contributed by atoms with Crippen molar-refractivity contribution in [3.05, 3.63) is 40.1 Å². The van der Waals surface area contributed by atoms with Crippen molar-refractivity contribution in [2.75, 3.05) is 12.0 Å². The number of hydrazine groups is 1. The van der Waals surface area contributed by atoms with Crippen LogP contribution in [-0.4, -0.2) is 16.6 Å². The number of ether oxygens (including phenoxy) is 1. The number of aromatic nitrogens is 2. The molecule has 5 heteroatoms. The molecule has 0 saturated carbocycles. The number of hydrogen-bond acceptors (Lipinski definition) is 5. The predicted molar refractivity (Wildman–Crippen MR) is 82.8 cm³/mol. The van der Waals surface area contributed by atoms with Crippen molar-refractivity contribution in [1.29, 1.82) is 0 Å². The van der Waals surface area contributed by atoms with Crippen molar-refractivity contribution >= 4 is 5.82 Å². The topological polar surface area (TPSA) is 73.1 Å². The summed E-state index contributed by atoms with van der Waals surface area (Å²) in [5.41, 5.74) is 9.42. The standard InChI is InChI=1S/C16H20N4O/c1-9-6-11(3)12(7-10(9)2)15-18-14-4-5-21-8-13(14)16(19-15)20-17/h6-7H,4-5,8,17H2,1-3H3,(H,18,19,20). The summed E-state index contributed by atoms with van der Waals surface area (Å²) in [6.07, 6.45) is 0.795. The van der Waals surface area contributed by atoms with Crippen LogP contribution in [0.4, 0.5) is 5.82 Å². The van der Waals surface area contributed by atoms with Gasteiger partial charge in [0, 0.05) is 17.5 Å². The van der Waals surface area contributed by atoms with Crippen LogP contribution < -0.4 is 11.3 Å². The predicted octanol–water partition coefficient (Wildman–Crippen LogP) is 2.43. The molecule has 0 amide bonds. The molecule has 21 heavy (non-hydrogen) atoms. The van der Waals surface area contributed by atoms with E-state index >= 15 is 0 Å². The third-order valence-corrected chi connectivity index (χ3v) is 4.04. The molecule has 1 aliphatic heterocycles. The number of nitrogen functional groups attached to an aromatic ring is 1. The van der Waals surface area contributed by atoms with Crippen molar-refractivity contribution in [1.82, 2.24) is 9.97 Å². The molecule has 0 fully saturated rings. The van der Waals surface area contributed by atoms with Crippen molar-refractivity contribution < 1.29 is 4.74 Å². The van der Waals surface area contributed by atoms with Gasteiger partial charge in [-0.1, -0.05) is 6.07 Å². The van der Waals surface area contributed by atoms with E-state index in [1.807, 2.05) is 0 Å². The van der Waals surface area contributed by atoms with Crippen molar-refractivity contribution in [2.45, 2.75) is 33.8 Å². The van der Waals surface area contributed by atoms with E-state index < -0.39 is 0 Å². The van der Waals surface area contributed by atoms with Gasteiger partial charge >= 0.3 is 0 Å². The maximum atomic E-state index is 5.62. The highest BCUT2D eigenvalue weighted by Gasteiger charge is 2.19. The third-order valence-electron chi connectivity index (χ3n) is 4.04. The lowest BCUT2D eigenvalue weighted by Gasteiger charge is -2.19. The molecule has 2 heterocycles. The van der Waals surface area contributed by atoms with Gasteiger partial charge in [-0.25, -0.2) is 15.8 Å². The number of nitrogens with two attached hydrogens (primary N) is 1. The quantitative estimate of drug-likeness (QED) is 0.654. The summed E-state index contributed by atoms with van der Waals surface area (Å²) in [6, 6.07) is 4.32. The van der Waals surface area contributed by atoms with E-state index in [1.54, 1.807) is 0 Å². The maximum absolute atomic E-state index is 5.62. The summed E-state index contributed by atoms with van der Waals surface area (Å²) in [5, 5.41) is 0. The minimum absolute atomic E-state index is 0.515. The second kappa shape index (κ2) is 5.42. The molecule has 3 rings (SSSR count). The van der Waals surface area contributed by atoms with Gasteiger partial charge in [-0.3, -0.25) is 0 Å². The molecule has 2 aromatic rings. The van der Waals surface area contributed by atoms with Crippen molar-refractivity contribution in [2.24, 2.45) is 5.84 Å². The molecule has 1 aromatic carbocycles. The molecule has 0 spiro atoms. The molecule has 3 N–H and O–H groups in total. The van der Waals surface area contributed by atoms with Gasteiger partial charge in [-0.15, -0.1) is 0 Å². The first-order valence-corrected chi connectivity index (χ1v) is 7.12. The average molecular weight is 284 g/mol. The highest BCUT2D eigenvalue weighted by molar-refractivity contribution is 5.65. The number of nitrogens with zero attached hydrogens (tertiary/aromatic N) is 2. The summed E-state index contributed by atoms with van der Waals surface area (Å²) in [6.45, 7) is 7.51. The Morgan fingerprint density at radius 2 is 1.86 bits per heavy atom. The smallest absolute Gasteiger partial charge is 0.162 e. The van der Waals surface area contributed by atoms with Gasteiger partial charge in [-0.2, -0.15) is 0 Å². The Bertz CT molecular complexity index is 680. The van der Waals surface area contributed by atoms with Gasteiger partial charge in [0.25, 0.3) is 0 Å². The summed E-state index contributed by atoms with van der Waals surface area (Å²) < 4.78 is 5.47. The second-order valence-corrected chi connectivity index (χ2v) is 5.52. The first kappa shape index (κ1) is 14.0. The number of hydrogen-bond donors (Lipinski definition) is 2. The average Bonchev–Trinajstić information content (AvgIpc) is 2.49. The molecule has 1 aliphatic rings. The zero-order valence-corrected chi connectivity index (χ0v) is 12.7. The number of fused-ring (bicyclic) bond motifs is 1. The molecular weight excluding hydrogens is 264 g/mol. The Labute approximate surface area is 124 Å². The van der Waals surface area contributed by atoms with E-state index in [2.05, 4.69) is 43.3 Å².